The molecule has 10 heteroatoms. The number of rotatable bonds is 10. The van der Waals surface area contributed by atoms with Crippen LogP contribution in [0.4, 0.5) is 5.69 Å². The molecule has 1 unspecified atom stereocenters. The van der Waals surface area contributed by atoms with Crippen molar-refractivity contribution in [1.29, 1.82) is 0 Å². The van der Waals surface area contributed by atoms with E-state index in [1.807, 2.05) is 32.0 Å². The Morgan fingerprint density at radius 2 is 1.77 bits per heavy atom. The lowest BCUT2D eigenvalue weighted by atomic mass is 10.1. The van der Waals surface area contributed by atoms with E-state index >= 15 is 0 Å². The number of para-hydroxylation sites is 1. The number of aromatic nitrogens is 2. The maximum Gasteiger partial charge on any atom is 0.266 e. The van der Waals surface area contributed by atoms with Gasteiger partial charge >= 0.3 is 0 Å². The largest absolute Gasteiger partial charge is 0.385 e. The standard InChI is InChI=1S/C30H34N4O5S/c1-20-11-16-28(21(2)19-20)34-29(32-27-10-7-6-9-26(27)30(34)36)22(3)33(17-8-18-39-5)40(37,38)25-14-12-24(13-15-25)31-23(4)35/h6-7,9-16,19,22H,8,17-18H2,1-5H3,(H,31,35). The van der Waals surface area contributed by atoms with Gasteiger partial charge < -0.3 is 10.1 Å². The lowest BCUT2D eigenvalue weighted by molar-refractivity contribution is -0.114. The first kappa shape index (κ1) is 29.1. The molecule has 1 aromatic heterocycles. The average molecular weight is 563 g/mol. The number of methoxy groups -OCH3 is 1. The number of carbonyl (C=O) groups excluding carboxylic acids is 1. The predicted octanol–water partition coefficient (Wildman–Crippen LogP) is 4.75. The molecule has 1 amide bonds. The fourth-order valence-corrected chi connectivity index (χ4v) is 6.41. The molecular weight excluding hydrogens is 528 g/mol. The van der Waals surface area contributed by atoms with Crippen LogP contribution in [0.2, 0.25) is 0 Å². The number of ether oxygens (including phenoxy) is 1. The molecule has 9 nitrogen and oxygen atoms in total. The Bertz CT molecular complexity index is 1700. The van der Waals surface area contributed by atoms with E-state index in [-0.39, 0.29) is 22.9 Å². The Hall–Kier alpha value is -3.86. The third kappa shape index (κ3) is 5.99. The minimum Gasteiger partial charge on any atom is -0.385 e. The minimum atomic E-state index is -4.05. The molecule has 4 aromatic rings. The van der Waals surface area contributed by atoms with Crippen LogP contribution in [0.5, 0.6) is 0 Å². The van der Waals surface area contributed by atoms with Gasteiger partial charge in [0, 0.05) is 32.9 Å². The fourth-order valence-electron chi connectivity index (χ4n) is 4.78. The van der Waals surface area contributed by atoms with E-state index in [1.54, 1.807) is 50.4 Å². The van der Waals surface area contributed by atoms with Gasteiger partial charge in [0.25, 0.3) is 5.56 Å². The highest BCUT2D eigenvalue weighted by Gasteiger charge is 2.33. The van der Waals surface area contributed by atoms with Crippen LogP contribution < -0.4 is 10.9 Å². The smallest absolute Gasteiger partial charge is 0.266 e. The van der Waals surface area contributed by atoms with Crippen LogP contribution in [0.25, 0.3) is 16.6 Å². The number of nitrogens with one attached hydrogen (secondary N) is 1. The second-order valence-corrected chi connectivity index (χ2v) is 11.7. The molecule has 3 aromatic carbocycles. The van der Waals surface area contributed by atoms with E-state index in [9.17, 15) is 18.0 Å². The van der Waals surface area contributed by atoms with Gasteiger partial charge in [0.15, 0.2) is 0 Å². The Labute approximate surface area is 234 Å². The zero-order chi connectivity index (χ0) is 29.0. The first-order valence-electron chi connectivity index (χ1n) is 13.0. The molecule has 0 bridgehead atoms. The molecule has 0 saturated carbocycles. The van der Waals surface area contributed by atoms with Crippen LogP contribution in [0.15, 0.2) is 76.4 Å². The quantitative estimate of drug-likeness (QED) is 0.279. The molecule has 0 fully saturated rings. The van der Waals surface area contributed by atoms with Crippen molar-refractivity contribution in [2.45, 2.75) is 45.1 Å². The van der Waals surface area contributed by atoms with E-state index in [1.165, 1.54) is 27.9 Å². The highest BCUT2D eigenvalue weighted by molar-refractivity contribution is 7.89. The van der Waals surface area contributed by atoms with Crippen LogP contribution in [0.3, 0.4) is 0 Å². The lowest BCUT2D eigenvalue weighted by Crippen LogP contribution is -2.38. The summed E-state index contributed by atoms with van der Waals surface area (Å²) in [4.78, 5) is 30.3. The van der Waals surface area contributed by atoms with Gasteiger partial charge in [0.05, 0.1) is 27.5 Å². The van der Waals surface area contributed by atoms with Crippen molar-refractivity contribution in [3.8, 4) is 5.69 Å². The van der Waals surface area contributed by atoms with Gasteiger partial charge in [-0.05, 0) is 75.2 Å². The SMILES string of the molecule is COCCCN(C(C)c1nc2ccccc2c(=O)n1-c1ccc(C)cc1C)S(=O)(=O)c1ccc(NC(C)=O)cc1. The van der Waals surface area contributed by atoms with Crippen LogP contribution in [0.1, 0.15) is 43.3 Å². The van der Waals surface area contributed by atoms with Gasteiger partial charge in [-0.2, -0.15) is 4.31 Å². The van der Waals surface area contributed by atoms with Crippen LogP contribution in [0, 0.1) is 13.8 Å². The van der Waals surface area contributed by atoms with Crippen LogP contribution >= 0.6 is 0 Å². The summed E-state index contributed by atoms with van der Waals surface area (Å²) >= 11 is 0. The van der Waals surface area contributed by atoms with Gasteiger partial charge in [-0.3, -0.25) is 14.2 Å². The molecule has 0 saturated heterocycles. The van der Waals surface area contributed by atoms with E-state index in [4.69, 9.17) is 9.72 Å². The molecule has 1 atom stereocenters. The number of hydrogen-bond donors (Lipinski definition) is 1. The number of anilines is 1. The van der Waals surface area contributed by atoms with Crippen LogP contribution in [-0.4, -0.2) is 48.4 Å². The number of benzene rings is 3. The number of carbonyl (C=O) groups is 1. The molecule has 0 aliphatic heterocycles. The first-order chi connectivity index (χ1) is 19.0. The van der Waals surface area contributed by atoms with Gasteiger partial charge in [-0.25, -0.2) is 13.4 Å². The number of nitrogens with zero attached hydrogens (tertiary/aromatic N) is 3. The Kier molecular flexibility index (Phi) is 8.82. The summed E-state index contributed by atoms with van der Waals surface area (Å²) in [6, 6.07) is 18.0. The second kappa shape index (κ2) is 12.1. The number of sulfonamides is 1. The zero-order valence-electron chi connectivity index (χ0n) is 23.3. The van der Waals surface area contributed by atoms with E-state index in [2.05, 4.69) is 5.32 Å². The topological polar surface area (TPSA) is 111 Å². The summed E-state index contributed by atoms with van der Waals surface area (Å²) in [6.07, 6.45) is 0.436. The highest BCUT2D eigenvalue weighted by atomic mass is 32.2. The van der Waals surface area contributed by atoms with Crippen molar-refractivity contribution in [3.63, 3.8) is 0 Å². The molecular formula is C30H34N4O5S. The molecule has 0 aliphatic carbocycles. The first-order valence-corrected chi connectivity index (χ1v) is 14.5. The summed E-state index contributed by atoms with van der Waals surface area (Å²) in [5.41, 5.74) is 3.27. The van der Waals surface area contributed by atoms with Crippen molar-refractivity contribution in [2.24, 2.45) is 0 Å². The number of fused-ring (bicyclic) bond motifs is 1. The molecule has 40 heavy (non-hydrogen) atoms. The van der Waals surface area contributed by atoms with Crippen molar-refractivity contribution in [1.82, 2.24) is 13.9 Å². The van der Waals surface area contributed by atoms with E-state index in [0.29, 0.717) is 41.1 Å². The Morgan fingerprint density at radius 3 is 2.42 bits per heavy atom. The summed E-state index contributed by atoms with van der Waals surface area (Å²) in [6.45, 7) is 7.52. The maximum absolute atomic E-state index is 14.1. The number of hydrogen-bond acceptors (Lipinski definition) is 6. The average Bonchev–Trinajstić information content (AvgIpc) is 2.91. The van der Waals surface area contributed by atoms with E-state index in [0.717, 1.165) is 11.1 Å². The fraction of sp³-hybridized carbons (Fsp3) is 0.300. The van der Waals surface area contributed by atoms with Crippen molar-refractivity contribution in [3.05, 3.63) is 94.0 Å². The molecule has 1 heterocycles. The summed E-state index contributed by atoms with van der Waals surface area (Å²) in [5.74, 6) is 0.0590. The molecule has 1 N–H and O–H groups in total. The molecule has 0 spiro atoms. The number of amides is 1. The normalized spacial score (nSPS) is 12.6. The molecule has 210 valence electrons. The van der Waals surface area contributed by atoms with Crippen molar-refractivity contribution >= 4 is 32.5 Å². The highest BCUT2D eigenvalue weighted by Crippen LogP contribution is 2.30. The van der Waals surface area contributed by atoms with Gasteiger partial charge in [0.2, 0.25) is 15.9 Å². The lowest BCUT2D eigenvalue weighted by Gasteiger charge is -2.30. The van der Waals surface area contributed by atoms with Crippen molar-refractivity contribution < 1.29 is 17.9 Å². The number of aryl methyl sites for hydroxylation is 2. The third-order valence-electron chi connectivity index (χ3n) is 6.71. The summed E-state index contributed by atoms with van der Waals surface area (Å²) < 4.78 is 36.2. The Balaban J connectivity index is 1.90. The van der Waals surface area contributed by atoms with Crippen molar-refractivity contribution in [2.75, 3.05) is 25.6 Å². The summed E-state index contributed by atoms with van der Waals surface area (Å²) in [7, 11) is -2.49. The molecule has 0 radical (unpaired) electrons. The zero-order valence-corrected chi connectivity index (χ0v) is 24.2. The molecule has 4 rings (SSSR count). The van der Waals surface area contributed by atoms with Gasteiger partial charge in [0.1, 0.15) is 5.82 Å². The summed E-state index contributed by atoms with van der Waals surface area (Å²) in [5, 5.41) is 3.09. The van der Waals surface area contributed by atoms with Gasteiger partial charge in [-0.15, -0.1) is 0 Å². The van der Waals surface area contributed by atoms with E-state index < -0.39 is 16.1 Å². The maximum atomic E-state index is 14.1. The minimum absolute atomic E-state index is 0.0621. The predicted molar refractivity (Wildman–Crippen MR) is 156 cm³/mol. The second-order valence-electron chi connectivity index (χ2n) is 9.76. The molecule has 0 aliphatic rings. The third-order valence-corrected chi connectivity index (χ3v) is 8.69. The monoisotopic (exact) mass is 562 g/mol. The van der Waals surface area contributed by atoms with Crippen LogP contribution in [-0.2, 0) is 19.6 Å². The Morgan fingerprint density at radius 1 is 1.07 bits per heavy atom. The van der Waals surface area contributed by atoms with Gasteiger partial charge in [-0.1, -0.05) is 29.8 Å².